The van der Waals surface area contributed by atoms with Gasteiger partial charge in [0.1, 0.15) is 0 Å². The molecular formula is C28H25N3O3. The summed E-state index contributed by atoms with van der Waals surface area (Å²) in [5, 5.41) is 0.482. The van der Waals surface area contributed by atoms with Crippen molar-refractivity contribution in [1.82, 2.24) is 9.13 Å². The zero-order valence-corrected chi connectivity index (χ0v) is 19.6. The van der Waals surface area contributed by atoms with E-state index >= 15 is 0 Å². The Morgan fingerprint density at radius 2 is 1.65 bits per heavy atom. The van der Waals surface area contributed by atoms with Gasteiger partial charge in [-0.1, -0.05) is 35.9 Å². The number of hydrogen-bond acceptors (Lipinski definition) is 3. The van der Waals surface area contributed by atoms with E-state index in [1.54, 1.807) is 37.4 Å². The fraction of sp³-hybridized carbons (Fsp3) is 0.179. The number of allylic oxidation sites excluding steroid dienone is 2. The summed E-state index contributed by atoms with van der Waals surface area (Å²) in [6.45, 7) is 6.03. The molecule has 4 aromatic rings. The van der Waals surface area contributed by atoms with Crippen molar-refractivity contribution in [2.24, 2.45) is 12.8 Å². The zero-order chi connectivity index (χ0) is 24.3. The number of aryl methyl sites for hydroxylation is 1. The third-order valence-electron chi connectivity index (χ3n) is 7.05. The first kappa shape index (κ1) is 21.6. The standard InChI is InChI=1S/C28H25N3O3/c1-15-14-22-20(26(29)32)13-12-19(25(22)16(15)2)18-9-7-11-23(17(18)3)31-27(33)21-8-5-6-10-24(21)30(4)28(31)34/h5-13H,14H2,1-4H3,(H2,29,32). The van der Waals surface area contributed by atoms with Gasteiger partial charge in [0, 0.05) is 12.6 Å². The lowest BCUT2D eigenvalue weighted by Crippen LogP contribution is -2.38. The summed E-state index contributed by atoms with van der Waals surface area (Å²) in [5.74, 6) is -0.443. The normalized spacial score (nSPS) is 12.9. The molecule has 0 radical (unpaired) electrons. The average molecular weight is 452 g/mol. The van der Waals surface area contributed by atoms with Crippen molar-refractivity contribution in [3.8, 4) is 16.8 Å². The van der Waals surface area contributed by atoms with Gasteiger partial charge in [0.05, 0.1) is 16.6 Å². The van der Waals surface area contributed by atoms with E-state index in [0.717, 1.165) is 33.4 Å². The number of hydrogen-bond donors (Lipinski definition) is 1. The van der Waals surface area contributed by atoms with E-state index in [9.17, 15) is 14.4 Å². The first-order valence-electron chi connectivity index (χ1n) is 11.2. The minimum Gasteiger partial charge on any atom is -0.366 e. The Hall–Kier alpha value is -4.19. The highest BCUT2D eigenvalue weighted by atomic mass is 16.2. The number of benzene rings is 3. The van der Waals surface area contributed by atoms with E-state index in [2.05, 4.69) is 13.8 Å². The molecule has 0 saturated carbocycles. The molecule has 0 saturated heterocycles. The van der Waals surface area contributed by atoms with Gasteiger partial charge in [0.2, 0.25) is 5.91 Å². The molecule has 1 aliphatic rings. The van der Waals surface area contributed by atoms with Crippen molar-refractivity contribution in [2.45, 2.75) is 27.2 Å². The first-order chi connectivity index (χ1) is 16.2. The molecule has 1 heterocycles. The number of nitrogens with zero attached hydrogens (tertiary/aromatic N) is 2. The Bertz CT molecular complexity index is 1690. The van der Waals surface area contributed by atoms with Crippen LogP contribution in [-0.2, 0) is 13.5 Å². The molecule has 3 aromatic carbocycles. The van der Waals surface area contributed by atoms with Crippen molar-refractivity contribution in [3.05, 3.63) is 103 Å². The maximum Gasteiger partial charge on any atom is 0.335 e. The quantitative estimate of drug-likeness (QED) is 0.508. The van der Waals surface area contributed by atoms with Crippen molar-refractivity contribution in [3.63, 3.8) is 0 Å². The van der Waals surface area contributed by atoms with Crippen LogP contribution >= 0.6 is 0 Å². The van der Waals surface area contributed by atoms with Gasteiger partial charge in [0.25, 0.3) is 5.56 Å². The second-order valence-electron chi connectivity index (χ2n) is 8.91. The van der Waals surface area contributed by atoms with Crippen LogP contribution in [0.1, 0.15) is 40.9 Å². The predicted octanol–water partition coefficient (Wildman–Crippen LogP) is 4.11. The fourth-order valence-electron chi connectivity index (χ4n) is 5.10. The third kappa shape index (κ3) is 2.99. The maximum absolute atomic E-state index is 13.4. The van der Waals surface area contributed by atoms with E-state index in [4.69, 9.17) is 5.73 Å². The molecule has 5 rings (SSSR count). The minimum absolute atomic E-state index is 0.347. The highest BCUT2D eigenvalue weighted by molar-refractivity contribution is 6.00. The van der Waals surface area contributed by atoms with E-state index in [1.165, 1.54) is 14.7 Å². The van der Waals surface area contributed by atoms with Crippen molar-refractivity contribution >= 4 is 22.4 Å². The number of primary amides is 1. The average Bonchev–Trinajstić information content (AvgIpc) is 3.12. The lowest BCUT2D eigenvalue weighted by Gasteiger charge is -2.18. The number of rotatable bonds is 3. The minimum atomic E-state index is -0.443. The molecule has 0 bridgehead atoms. The molecular weight excluding hydrogens is 426 g/mol. The second-order valence-corrected chi connectivity index (χ2v) is 8.91. The van der Waals surface area contributed by atoms with Crippen LogP contribution in [0.3, 0.4) is 0 Å². The molecule has 1 aromatic heterocycles. The smallest absolute Gasteiger partial charge is 0.335 e. The lowest BCUT2D eigenvalue weighted by molar-refractivity contribution is 0.0999. The molecule has 0 fully saturated rings. The zero-order valence-electron chi connectivity index (χ0n) is 19.6. The number of amides is 1. The Kier molecular flexibility index (Phi) is 4.90. The number of carbonyl (C=O) groups excluding carboxylic acids is 1. The number of para-hydroxylation sites is 1. The van der Waals surface area contributed by atoms with Crippen LogP contribution in [0, 0.1) is 6.92 Å². The lowest BCUT2D eigenvalue weighted by atomic mass is 9.88. The highest BCUT2D eigenvalue weighted by Crippen LogP contribution is 2.42. The molecule has 0 atom stereocenters. The number of aromatic nitrogens is 2. The van der Waals surface area contributed by atoms with Crippen molar-refractivity contribution in [2.75, 3.05) is 0 Å². The first-order valence-corrected chi connectivity index (χ1v) is 11.2. The van der Waals surface area contributed by atoms with Gasteiger partial charge in [-0.15, -0.1) is 0 Å². The van der Waals surface area contributed by atoms with Gasteiger partial charge in [-0.2, -0.15) is 0 Å². The Balaban J connectivity index is 1.81. The van der Waals surface area contributed by atoms with Gasteiger partial charge in [-0.3, -0.25) is 14.2 Å². The van der Waals surface area contributed by atoms with Crippen LogP contribution < -0.4 is 17.0 Å². The molecule has 6 heteroatoms. The van der Waals surface area contributed by atoms with Gasteiger partial charge < -0.3 is 5.73 Å². The largest absolute Gasteiger partial charge is 0.366 e. The molecule has 2 N–H and O–H groups in total. The van der Waals surface area contributed by atoms with E-state index in [0.29, 0.717) is 28.6 Å². The van der Waals surface area contributed by atoms with Crippen LogP contribution in [0.4, 0.5) is 0 Å². The predicted molar refractivity (Wildman–Crippen MR) is 135 cm³/mol. The summed E-state index contributed by atoms with van der Waals surface area (Å²) in [4.78, 5) is 38.7. The van der Waals surface area contributed by atoms with Gasteiger partial charge >= 0.3 is 5.69 Å². The van der Waals surface area contributed by atoms with Crippen LogP contribution in [0.25, 0.3) is 33.3 Å². The summed E-state index contributed by atoms with van der Waals surface area (Å²) in [6, 6.07) is 16.4. The molecule has 1 aliphatic carbocycles. The van der Waals surface area contributed by atoms with E-state index < -0.39 is 11.6 Å². The van der Waals surface area contributed by atoms with Crippen LogP contribution in [0.5, 0.6) is 0 Å². The molecule has 0 spiro atoms. The fourth-order valence-corrected chi connectivity index (χ4v) is 5.10. The summed E-state index contributed by atoms with van der Waals surface area (Å²) >= 11 is 0. The summed E-state index contributed by atoms with van der Waals surface area (Å²) in [6.07, 6.45) is 0.677. The monoisotopic (exact) mass is 451 g/mol. The van der Waals surface area contributed by atoms with Crippen LogP contribution in [0.15, 0.2) is 69.8 Å². The number of carbonyl (C=O) groups is 1. The summed E-state index contributed by atoms with van der Waals surface area (Å²) in [7, 11) is 1.67. The van der Waals surface area contributed by atoms with Gasteiger partial charge in [-0.25, -0.2) is 9.36 Å². The highest BCUT2D eigenvalue weighted by Gasteiger charge is 2.26. The molecule has 0 unspecified atom stereocenters. The molecule has 6 nitrogen and oxygen atoms in total. The topological polar surface area (TPSA) is 87.1 Å². The van der Waals surface area contributed by atoms with Crippen LogP contribution in [0.2, 0.25) is 0 Å². The van der Waals surface area contributed by atoms with E-state index in [-0.39, 0.29) is 5.56 Å². The van der Waals surface area contributed by atoms with Gasteiger partial charge in [-0.05, 0) is 84.8 Å². The van der Waals surface area contributed by atoms with Crippen molar-refractivity contribution < 1.29 is 4.79 Å². The van der Waals surface area contributed by atoms with Gasteiger partial charge in [0.15, 0.2) is 0 Å². The van der Waals surface area contributed by atoms with Crippen molar-refractivity contribution in [1.29, 1.82) is 0 Å². The molecule has 170 valence electrons. The van der Waals surface area contributed by atoms with Crippen LogP contribution in [-0.4, -0.2) is 15.0 Å². The SMILES string of the molecule is CC1=C(C)c2c(-c3cccc(-n4c(=O)c5ccccc5n(C)c4=O)c3C)ccc(C(N)=O)c2C1. The summed E-state index contributed by atoms with van der Waals surface area (Å²) < 4.78 is 2.74. The Morgan fingerprint density at radius 3 is 2.38 bits per heavy atom. The maximum atomic E-state index is 13.4. The third-order valence-corrected chi connectivity index (χ3v) is 7.05. The number of nitrogens with two attached hydrogens (primary N) is 1. The Morgan fingerprint density at radius 1 is 0.912 bits per heavy atom. The van der Waals surface area contributed by atoms with E-state index in [1.807, 2.05) is 31.2 Å². The molecule has 1 amide bonds. The summed E-state index contributed by atoms with van der Waals surface area (Å²) in [5.41, 5.74) is 13.5. The number of fused-ring (bicyclic) bond motifs is 2. The molecule has 34 heavy (non-hydrogen) atoms. The second kappa shape index (κ2) is 7.70. The molecule has 0 aliphatic heterocycles. The Labute approximate surface area is 196 Å².